The number of carbonyl (C=O) groups is 1. The summed E-state index contributed by atoms with van der Waals surface area (Å²) in [5.41, 5.74) is 0. The predicted molar refractivity (Wildman–Crippen MR) is 40.5 cm³/mol. The number of hydrogen-bond acceptors (Lipinski definition) is 2. The average molecular weight is 209 g/mol. The first-order chi connectivity index (χ1) is 6.47. The van der Waals surface area contributed by atoms with Gasteiger partial charge in [0.25, 0.3) is 0 Å². The molecule has 0 aromatic carbocycles. The molecule has 2 aliphatic rings. The van der Waals surface area contributed by atoms with E-state index < -0.39 is 12.1 Å². The van der Waals surface area contributed by atoms with Crippen molar-refractivity contribution in [3.05, 3.63) is 0 Å². The molecule has 0 bridgehead atoms. The van der Waals surface area contributed by atoms with E-state index in [0.29, 0.717) is 12.8 Å². The fourth-order valence-electron chi connectivity index (χ4n) is 1.80. The van der Waals surface area contributed by atoms with Gasteiger partial charge in [0.05, 0.1) is 12.2 Å². The molecular formula is C8H10F3NO2. The molecule has 14 heavy (non-hydrogen) atoms. The first-order valence-electron chi connectivity index (χ1n) is 4.50. The molecule has 80 valence electrons. The van der Waals surface area contributed by atoms with Crippen molar-refractivity contribution >= 4 is 5.91 Å². The van der Waals surface area contributed by atoms with Crippen molar-refractivity contribution in [2.45, 2.75) is 43.7 Å². The number of amides is 1. The van der Waals surface area contributed by atoms with Crippen LogP contribution >= 0.6 is 0 Å². The van der Waals surface area contributed by atoms with Gasteiger partial charge in [-0.1, -0.05) is 0 Å². The van der Waals surface area contributed by atoms with Gasteiger partial charge in [0.2, 0.25) is 0 Å². The molecule has 1 amide bonds. The Labute approximate surface area is 78.6 Å². The molecule has 1 saturated carbocycles. The number of hydrogen-bond donors (Lipinski definition) is 1. The van der Waals surface area contributed by atoms with Crippen LogP contribution < -0.4 is 5.32 Å². The summed E-state index contributed by atoms with van der Waals surface area (Å²) in [6.45, 7) is 0. The number of rotatable bonds is 1. The Morgan fingerprint density at radius 1 is 1.29 bits per heavy atom. The summed E-state index contributed by atoms with van der Waals surface area (Å²) in [6.07, 6.45) is -2.65. The zero-order valence-electron chi connectivity index (χ0n) is 7.30. The minimum absolute atomic E-state index is 0.0716. The Morgan fingerprint density at radius 3 is 2.57 bits per heavy atom. The Morgan fingerprint density at radius 2 is 2.00 bits per heavy atom. The molecule has 2 fully saturated rings. The molecule has 0 aromatic heterocycles. The van der Waals surface area contributed by atoms with Gasteiger partial charge in [0, 0.05) is 6.04 Å². The van der Waals surface area contributed by atoms with Crippen molar-refractivity contribution in [1.29, 1.82) is 0 Å². The number of nitrogens with one attached hydrogen (secondary N) is 1. The fourth-order valence-corrected chi connectivity index (χ4v) is 1.80. The van der Waals surface area contributed by atoms with Crippen molar-refractivity contribution in [3.8, 4) is 0 Å². The topological polar surface area (TPSA) is 41.6 Å². The SMILES string of the molecule is O=C(N[C@H]1CC[C@H]2O[C@H]2C1)C(F)(F)F. The molecular weight excluding hydrogens is 199 g/mol. The van der Waals surface area contributed by atoms with E-state index in [1.165, 1.54) is 0 Å². The van der Waals surface area contributed by atoms with Gasteiger partial charge in [-0.15, -0.1) is 0 Å². The van der Waals surface area contributed by atoms with Crippen LogP contribution in [0, 0.1) is 0 Å². The molecule has 1 aliphatic heterocycles. The van der Waals surface area contributed by atoms with E-state index in [4.69, 9.17) is 4.74 Å². The first kappa shape index (κ1) is 9.76. The molecule has 3 nitrogen and oxygen atoms in total. The quantitative estimate of drug-likeness (QED) is 0.654. The van der Waals surface area contributed by atoms with Gasteiger partial charge in [-0.05, 0) is 19.3 Å². The number of fused-ring (bicyclic) bond motifs is 1. The second-order valence-electron chi connectivity index (χ2n) is 3.69. The molecule has 1 aliphatic carbocycles. The van der Waals surface area contributed by atoms with Crippen molar-refractivity contribution in [1.82, 2.24) is 5.32 Å². The normalized spacial score (nSPS) is 36.1. The monoisotopic (exact) mass is 209 g/mol. The Bertz CT molecular complexity index is 253. The van der Waals surface area contributed by atoms with E-state index in [2.05, 4.69) is 0 Å². The van der Waals surface area contributed by atoms with E-state index in [1.807, 2.05) is 5.32 Å². The zero-order chi connectivity index (χ0) is 10.3. The number of epoxide rings is 1. The third-order valence-corrected chi connectivity index (χ3v) is 2.60. The summed E-state index contributed by atoms with van der Waals surface area (Å²) in [5, 5.41) is 1.97. The van der Waals surface area contributed by atoms with E-state index in [9.17, 15) is 18.0 Å². The summed E-state index contributed by atoms with van der Waals surface area (Å²) in [6, 6.07) is -0.382. The van der Waals surface area contributed by atoms with Crippen molar-refractivity contribution in [2.24, 2.45) is 0 Å². The highest BCUT2D eigenvalue weighted by Crippen LogP contribution is 2.36. The smallest absolute Gasteiger partial charge is 0.370 e. The van der Waals surface area contributed by atoms with Gasteiger partial charge in [-0.3, -0.25) is 4.79 Å². The summed E-state index contributed by atoms with van der Waals surface area (Å²) >= 11 is 0. The van der Waals surface area contributed by atoms with Crippen molar-refractivity contribution in [2.75, 3.05) is 0 Å². The van der Waals surface area contributed by atoms with Crippen molar-refractivity contribution in [3.63, 3.8) is 0 Å². The maximum Gasteiger partial charge on any atom is 0.471 e. The largest absolute Gasteiger partial charge is 0.471 e. The Kier molecular flexibility index (Phi) is 2.17. The number of halogens is 3. The van der Waals surface area contributed by atoms with Gasteiger partial charge < -0.3 is 10.1 Å². The molecule has 0 unspecified atom stereocenters. The molecule has 0 radical (unpaired) electrons. The molecule has 3 atom stereocenters. The predicted octanol–water partition coefficient (Wildman–Crippen LogP) is 0.985. The number of carbonyl (C=O) groups excluding carboxylic acids is 1. The van der Waals surface area contributed by atoms with Crippen molar-refractivity contribution < 1.29 is 22.7 Å². The second-order valence-corrected chi connectivity index (χ2v) is 3.69. The van der Waals surface area contributed by atoms with Gasteiger partial charge in [0.15, 0.2) is 0 Å². The highest BCUT2D eigenvalue weighted by Gasteiger charge is 2.46. The number of alkyl halides is 3. The summed E-state index contributed by atoms with van der Waals surface area (Å²) in [5.74, 6) is -1.85. The second kappa shape index (κ2) is 3.12. The highest BCUT2D eigenvalue weighted by atomic mass is 19.4. The fraction of sp³-hybridized carbons (Fsp3) is 0.875. The Balaban J connectivity index is 1.82. The molecule has 1 N–H and O–H groups in total. The van der Waals surface area contributed by atoms with E-state index in [1.54, 1.807) is 0 Å². The highest BCUT2D eigenvalue weighted by molar-refractivity contribution is 5.81. The molecule has 0 spiro atoms. The first-order valence-corrected chi connectivity index (χ1v) is 4.50. The lowest BCUT2D eigenvalue weighted by Crippen LogP contribution is -2.44. The minimum atomic E-state index is -4.78. The summed E-state index contributed by atoms with van der Waals surface area (Å²) in [4.78, 5) is 10.6. The van der Waals surface area contributed by atoms with Crippen LogP contribution in [0.15, 0.2) is 0 Å². The minimum Gasteiger partial charge on any atom is -0.370 e. The molecule has 0 aromatic rings. The van der Waals surface area contributed by atoms with Crippen LogP contribution in [0.4, 0.5) is 13.2 Å². The molecule has 2 rings (SSSR count). The van der Waals surface area contributed by atoms with E-state index >= 15 is 0 Å². The van der Waals surface area contributed by atoms with Gasteiger partial charge in [-0.25, -0.2) is 0 Å². The Hall–Kier alpha value is -0.780. The molecule has 1 heterocycles. The third kappa shape index (κ3) is 2.00. The lowest BCUT2D eigenvalue weighted by Gasteiger charge is -2.20. The summed E-state index contributed by atoms with van der Waals surface area (Å²) < 4.78 is 40.7. The van der Waals surface area contributed by atoms with Crippen LogP contribution in [0.3, 0.4) is 0 Å². The lowest BCUT2D eigenvalue weighted by atomic mass is 9.95. The van der Waals surface area contributed by atoms with Crippen LogP contribution in [0.2, 0.25) is 0 Å². The maximum atomic E-state index is 11.9. The standard InChI is InChI=1S/C8H10F3NO2/c9-8(10,11)7(13)12-4-1-2-5-6(3-4)14-5/h4-6H,1-3H2,(H,12,13)/t4-,5+,6-/m0/s1. The van der Waals surface area contributed by atoms with Crippen LogP contribution in [-0.4, -0.2) is 30.3 Å². The molecule has 1 saturated heterocycles. The van der Waals surface area contributed by atoms with Gasteiger partial charge >= 0.3 is 12.1 Å². The molecule has 6 heteroatoms. The van der Waals surface area contributed by atoms with Crippen LogP contribution in [0.5, 0.6) is 0 Å². The van der Waals surface area contributed by atoms with E-state index in [-0.39, 0.29) is 18.2 Å². The van der Waals surface area contributed by atoms with Gasteiger partial charge in [-0.2, -0.15) is 13.2 Å². The zero-order valence-corrected chi connectivity index (χ0v) is 7.30. The van der Waals surface area contributed by atoms with Gasteiger partial charge in [0.1, 0.15) is 0 Å². The van der Waals surface area contributed by atoms with Crippen LogP contribution in [0.25, 0.3) is 0 Å². The maximum absolute atomic E-state index is 11.9. The number of ether oxygens (including phenoxy) is 1. The average Bonchev–Trinajstić information content (AvgIpc) is 2.80. The van der Waals surface area contributed by atoms with E-state index in [0.717, 1.165) is 6.42 Å². The van der Waals surface area contributed by atoms with Crippen LogP contribution in [-0.2, 0) is 9.53 Å². The summed E-state index contributed by atoms with van der Waals surface area (Å²) in [7, 11) is 0. The van der Waals surface area contributed by atoms with Crippen LogP contribution in [0.1, 0.15) is 19.3 Å². The lowest BCUT2D eigenvalue weighted by molar-refractivity contribution is -0.174. The third-order valence-electron chi connectivity index (χ3n) is 2.60.